The van der Waals surface area contributed by atoms with E-state index in [0.717, 1.165) is 6.07 Å². The van der Waals surface area contributed by atoms with Gasteiger partial charge in [-0.25, -0.2) is 13.6 Å². The van der Waals surface area contributed by atoms with Crippen LogP contribution in [0, 0.1) is 11.6 Å². The topological polar surface area (TPSA) is 131 Å². The number of amides is 3. The molecule has 1 fully saturated rings. The quantitative estimate of drug-likeness (QED) is 0.201. The van der Waals surface area contributed by atoms with Crippen molar-refractivity contribution in [2.45, 2.75) is 102 Å². The van der Waals surface area contributed by atoms with Gasteiger partial charge in [0, 0.05) is 23.6 Å². The maximum atomic E-state index is 14.6. The highest BCUT2D eigenvalue weighted by atomic mass is 28.4. The van der Waals surface area contributed by atoms with Crippen molar-refractivity contribution in [3.05, 3.63) is 107 Å². The molecule has 4 atom stereocenters. The van der Waals surface area contributed by atoms with E-state index in [9.17, 15) is 28.3 Å². The lowest BCUT2D eigenvalue weighted by atomic mass is 9.87. The summed E-state index contributed by atoms with van der Waals surface area (Å²) in [6, 6.07) is 16.1. The maximum Gasteiger partial charge on any atom is 0.410 e. The van der Waals surface area contributed by atoms with Crippen molar-refractivity contribution >= 4 is 26.2 Å². The van der Waals surface area contributed by atoms with Crippen LogP contribution in [0.2, 0.25) is 18.1 Å². The molecule has 0 aromatic heterocycles. The van der Waals surface area contributed by atoms with Gasteiger partial charge in [-0.05, 0) is 86.8 Å². The largest absolute Gasteiger partial charge is 0.444 e. The average Bonchev–Trinajstić information content (AvgIpc) is 3.37. The number of ether oxygens (including phenoxy) is 1. The van der Waals surface area contributed by atoms with Crippen molar-refractivity contribution in [2.75, 3.05) is 6.54 Å². The fraction of sp³-hybridized carbons (Fsp3) is 0.447. The first-order valence-corrected chi connectivity index (χ1v) is 19.6. The van der Waals surface area contributed by atoms with Crippen LogP contribution in [0.15, 0.2) is 72.8 Å². The summed E-state index contributed by atoms with van der Waals surface area (Å²) in [6.07, 6.45) is -1.78. The van der Waals surface area contributed by atoms with Gasteiger partial charge in [0.2, 0.25) is 5.91 Å². The van der Waals surface area contributed by atoms with Crippen molar-refractivity contribution in [1.29, 1.82) is 0 Å². The first-order chi connectivity index (χ1) is 23.1. The Balaban J connectivity index is 1.91. The Morgan fingerprint density at radius 1 is 0.960 bits per heavy atom. The summed E-state index contributed by atoms with van der Waals surface area (Å²) in [5.41, 5.74) is 4.16. The number of nitrogens with two attached hydrogens (primary N) is 1. The highest BCUT2D eigenvalue weighted by Gasteiger charge is 2.54. The van der Waals surface area contributed by atoms with E-state index >= 15 is 0 Å². The fourth-order valence-electron chi connectivity index (χ4n) is 5.93. The van der Waals surface area contributed by atoms with E-state index in [1.165, 1.54) is 41.3 Å². The smallest absolute Gasteiger partial charge is 0.410 e. The molecule has 0 saturated carbocycles. The first-order valence-electron chi connectivity index (χ1n) is 16.7. The minimum absolute atomic E-state index is 0.0105. The summed E-state index contributed by atoms with van der Waals surface area (Å²) < 4.78 is 42.1. The zero-order chi connectivity index (χ0) is 37.2. The molecule has 0 spiro atoms. The summed E-state index contributed by atoms with van der Waals surface area (Å²) in [4.78, 5) is 41.4. The summed E-state index contributed by atoms with van der Waals surface area (Å²) in [5, 5.41) is 14.9. The lowest BCUT2D eigenvalue weighted by Gasteiger charge is -2.45. The molecule has 9 nitrogen and oxygen atoms in total. The van der Waals surface area contributed by atoms with Crippen LogP contribution in [0.1, 0.15) is 79.8 Å². The van der Waals surface area contributed by atoms with Gasteiger partial charge in [-0.3, -0.25) is 14.5 Å². The SMILES string of the molecule is CC(C)(C)OC(=O)N1CC(O)(c2ccccc2)CC1[C@@H](O[Si](C)(C)C(C)(C)C)[C@H](Cc1cc(F)cc(F)c1)NC(=O)c1cccc(C(N)=O)c1. The van der Waals surface area contributed by atoms with E-state index < -0.39 is 67.2 Å². The molecule has 3 aromatic carbocycles. The molecule has 1 aliphatic heterocycles. The third kappa shape index (κ3) is 9.35. The third-order valence-corrected chi connectivity index (χ3v) is 13.9. The predicted octanol–water partition coefficient (Wildman–Crippen LogP) is 6.69. The molecule has 12 heteroatoms. The fourth-order valence-corrected chi connectivity index (χ4v) is 7.29. The molecule has 0 aliphatic carbocycles. The summed E-state index contributed by atoms with van der Waals surface area (Å²) >= 11 is 0. The van der Waals surface area contributed by atoms with Gasteiger partial charge in [-0.15, -0.1) is 0 Å². The molecule has 50 heavy (non-hydrogen) atoms. The van der Waals surface area contributed by atoms with Gasteiger partial charge >= 0.3 is 6.09 Å². The highest BCUT2D eigenvalue weighted by molar-refractivity contribution is 6.74. The molecule has 270 valence electrons. The number of rotatable bonds is 10. The molecule has 4 N–H and O–H groups in total. The number of carbonyl (C=O) groups is 3. The molecule has 0 bridgehead atoms. The Hall–Kier alpha value is -4.13. The Morgan fingerprint density at radius 2 is 1.56 bits per heavy atom. The zero-order valence-electron chi connectivity index (χ0n) is 30.1. The Labute approximate surface area is 294 Å². The number of halogens is 2. The predicted molar refractivity (Wildman–Crippen MR) is 190 cm³/mol. The van der Waals surface area contributed by atoms with Gasteiger partial charge in [0.05, 0.1) is 24.7 Å². The Kier molecular flexibility index (Phi) is 11.3. The molecular weight excluding hydrogens is 661 g/mol. The van der Waals surface area contributed by atoms with Crippen LogP contribution in [-0.4, -0.2) is 66.6 Å². The molecule has 3 amide bonds. The van der Waals surface area contributed by atoms with Crippen molar-refractivity contribution in [3.8, 4) is 0 Å². The first kappa shape index (κ1) is 38.7. The number of primary amides is 1. The number of likely N-dealkylation sites (tertiary alicyclic amines) is 1. The van der Waals surface area contributed by atoms with Gasteiger partial charge < -0.3 is 25.3 Å². The van der Waals surface area contributed by atoms with E-state index in [1.807, 2.05) is 39.9 Å². The minimum atomic E-state index is -2.75. The van der Waals surface area contributed by atoms with Crippen LogP contribution >= 0.6 is 0 Å². The van der Waals surface area contributed by atoms with Gasteiger partial charge in [0.25, 0.3) is 5.91 Å². The molecule has 1 aliphatic rings. The standard InChI is InChI=1S/C38H49F2N3O6Si/c1-36(2,3)48-35(46)43-23-38(47,27-15-10-9-11-16-27)22-31(43)32(49-50(7,8)37(4,5)6)30(19-24-17-28(39)21-29(40)18-24)42-34(45)26-14-12-13-25(20-26)33(41)44/h9-18,20-21,30-32,47H,19,22-23H2,1-8H3,(H2,41,44)(H,42,45)/t30-,31?,32-,38?/m0/s1. The Morgan fingerprint density at radius 3 is 2.12 bits per heavy atom. The van der Waals surface area contributed by atoms with E-state index in [0.29, 0.717) is 5.56 Å². The minimum Gasteiger partial charge on any atom is -0.444 e. The summed E-state index contributed by atoms with van der Waals surface area (Å²) in [6.45, 7) is 15.3. The van der Waals surface area contributed by atoms with Gasteiger partial charge in [-0.2, -0.15) is 0 Å². The molecule has 4 rings (SSSR count). The van der Waals surface area contributed by atoms with E-state index in [4.69, 9.17) is 14.9 Å². The number of benzene rings is 3. The average molecular weight is 710 g/mol. The molecular formula is C38H49F2N3O6Si. The second-order valence-corrected chi connectivity index (χ2v) is 20.4. The van der Waals surface area contributed by atoms with Gasteiger partial charge in [-0.1, -0.05) is 57.2 Å². The van der Waals surface area contributed by atoms with Crippen molar-refractivity contribution in [2.24, 2.45) is 5.73 Å². The van der Waals surface area contributed by atoms with Crippen LogP contribution in [-0.2, 0) is 21.2 Å². The number of carbonyl (C=O) groups excluding carboxylic acids is 3. The van der Waals surface area contributed by atoms with Crippen LogP contribution in [0.5, 0.6) is 0 Å². The summed E-state index contributed by atoms with van der Waals surface area (Å²) in [7, 11) is -2.75. The highest BCUT2D eigenvalue weighted by Crippen LogP contribution is 2.43. The van der Waals surface area contributed by atoms with E-state index in [2.05, 4.69) is 5.32 Å². The number of hydrogen-bond acceptors (Lipinski definition) is 6. The van der Waals surface area contributed by atoms with Crippen molar-refractivity contribution in [3.63, 3.8) is 0 Å². The number of aliphatic hydroxyl groups is 1. The number of hydrogen-bond donors (Lipinski definition) is 3. The number of nitrogens with zero attached hydrogens (tertiary/aromatic N) is 1. The molecule has 3 aromatic rings. The normalized spacial score (nSPS) is 19.5. The number of nitrogens with one attached hydrogen (secondary N) is 1. The van der Waals surface area contributed by atoms with E-state index in [-0.39, 0.29) is 41.1 Å². The van der Waals surface area contributed by atoms with Gasteiger partial charge in [0.15, 0.2) is 8.32 Å². The van der Waals surface area contributed by atoms with Gasteiger partial charge in [0.1, 0.15) is 22.8 Å². The monoisotopic (exact) mass is 709 g/mol. The van der Waals surface area contributed by atoms with Crippen LogP contribution in [0.3, 0.4) is 0 Å². The third-order valence-electron chi connectivity index (χ3n) is 9.43. The summed E-state index contributed by atoms with van der Waals surface area (Å²) in [5.74, 6) is -2.91. The molecule has 0 radical (unpaired) electrons. The molecule has 1 saturated heterocycles. The molecule has 1 heterocycles. The second kappa shape index (κ2) is 14.6. The number of β-amino-alcohol motifs (C(OH)–C–C–N with tert-alkyl or cyclic N) is 1. The van der Waals surface area contributed by atoms with Crippen LogP contribution in [0.4, 0.5) is 13.6 Å². The maximum absolute atomic E-state index is 14.6. The van der Waals surface area contributed by atoms with Crippen molar-refractivity contribution in [1.82, 2.24) is 10.2 Å². The van der Waals surface area contributed by atoms with E-state index in [1.54, 1.807) is 45.0 Å². The second-order valence-electron chi connectivity index (χ2n) is 15.6. The van der Waals surface area contributed by atoms with Crippen LogP contribution < -0.4 is 11.1 Å². The zero-order valence-corrected chi connectivity index (χ0v) is 31.1. The Bertz CT molecular complexity index is 1690. The van der Waals surface area contributed by atoms with Crippen LogP contribution in [0.25, 0.3) is 0 Å². The van der Waals surface area contributed by atoms with Crippen molar-refractivity contribution < 1.29 is 37.4 Å². The lowest BCUT2D eigenvalue weighted by Crippen LogP contribution is -2.60. The lowest BCUT2D eigenvalue weighted by molar-refractivity contribution is -0.000868. The molecule has 2 unspecified atom stereocenters.